The topological polar surface area (TPSA) is 70.1 Å². The van der Waals surface area contributed by atoms with Crippen molar-refractivity contribution in [3.8, 4) is 0 Å². The van der Waals surface area contributed by atoms with Crippen LogP contribution in [0.2, 0.25) is 0 Å². The van der Waals surface area contributed by atoms with Gasteiger partial charge in [-0.25, -0.2) is 9.86 Å². The van der Waals surface area contributed by atoms with E-state index >= 15 is 0 Å². The standard InChI is InChI=1S/C13H24N2O4/c1-5-15(18)11(16)10-7-6-8-14(9-10)12(17)19-13(2,3)4/h10,18H,5-9H2,1-4H3. The van der Waals surface area contributed by atoms with E-state index in [1.54, 1.807) is 11.8 Å². The smallest absolute Gasteiger partial charge is 0.410 e. The first kappa shape index (κ1) is 15.8. The molecular formula is C13H24N2O4. The van der Waals surface area contributed by atoms with Crippen LogP contribution in [0.1, 0.15) is 40.5 Å². The molecule has 1 rings (SSSR count). The minimum Gasteiger partial charge on any atom is -0.444 e. The molecule has 1 unspecified atom stereocenters. The second-order valence-electron chi connectivity index (χ2n) is 5.82. The van der Waals surface area contributed by atoms with Crippen LogP contribution in [0.3, 0.4) is 0 Å². The van der Waals surface area contributed by atoms with E-state index in [2.05, 4.69) is 0 Å². The highest BCUT2D eigenvalue weighted by Gasteiger charge is 2.32. The third-order valence-electron chi connectivity index (χ3n) is 2.98. The Kier molecular flexibility index (Phi) is 5.17. The van der Waals surface area contributed by atoms with Crippen LogP contribution < -0.4 is 0 Å². The summed E-state index contributed by atoms with van der Waals surface area (Å²) in [5, 5.41) is 10.2. The molecule has 1 heterocycles. The van der Waals surface area contributed by atoms with Crippen molar-refractivity contribution in [1.29, 1.82) is 0 Å². The van der Waals surface area contributed by atoms with Crippen LogP contribution in [0, 0.1) is 5.92 Å². The summed E-state index contributed by atoms with van der Waals surface area (Å²) in [5.74, 6) is -0.665. The van der Waals surface area contributed by atoms with Crippen molar-refractivity contribution in [2.24, 2.45) is 5.92 Å². The molecule has 0 aromatic carbocycles. The number of likely N-dealkylation sites (tertiary alicyclic amines) is 1. The Bertz CT molecular complexity index is 338. The predicted molar refractivity (Wildman–Crippen MR) is 69.7 cm³/mol. The average Bonchev–Trinajstić information content (AvgIpc) is 2.35. The summed E-state index contributed by atoms with van der Waals surface area (Å²) < 4.78 is 5.29. The second kappa shape index (κ2) is 6.23. The van der Waals surface area contributed by atoms with Crippen LogP contribution in [0.4, 0.5) is 4.79 Å². The van der Waals surface area contributed by atoms with Crippen LogP contribution in [0.5, 0.6) is 0 Å². The quantitative estimate of drug-likeness (QED) is 0.615. The number of hydrogen-bond acceptors (Lipinski definition) is 4. The molecular weight excluding hydrogens is 248 g/mol. The Labute approximate surface area is 114 Å². The first-order chi connectivity index (χ1) is 8.74. The van der Waals surface area contributed by atoms with Crippen molar-refractivity contribution in [1.82, 2.24) is 9.96 Å². The van der Waals surface area contributed by atoms with Gasteiger partial charge in [0.05, 0.1) is 5.92 Å². The first-order valence-corrected chi connectivity index (χ1v) is 6.72. The molecule has 19 heavy (non-hydrogen) atoms. The van der Waals surface area contributed by atoms with Gasteiger partial charge in [0.25, 0.3) is 5.91 Å². The molecule has 1 atom stereocenters. The summed E-state index contributed by atoms with van der Waals surface area (Å²) in [5.41, 5.74) is -0.541. The van der Waals surface area contributed by atoms with Crippen LogP contribution in [0.25, 0.3) is 0 Å². The molecule has 0 aliphatic carbocycles. The molecule has 1 aliphatic heterocycles. The van der Waals surface area contributed by atoms with Gasteiger partial charge in [0, 0.05) is 19.6 Å². The van der Waals surface area contributed by atoms with Gasteiger partial charge in [-0.2, -0.15) is 0 Å². The maximum atomic E-state index is 11.9. The molecule has 0 radical (unpaired) electrons. The highest BCUT2D eigenvalue weighted by atomic mass is 16.6. The lowest BCUT2D eigenvalue weighted by Crippen LogP contribution is -2.47. The fourth-order valence-corrected chi connectivity index (χ4v) is 2.04. The van der Waals surface area contributed by atoms with Crippen molar-refractivity contribution in [3.05, 3.63) is 0 Å². The second-order valence-corrected chi connectivity index (χ2v) is 5.82. The largest absolute Gasteiger partial charge is 0.444 e. The molecule has 0 bridgehead atoms. The molecule has 0 spiro atoms. The lowest BCUT2D eigenvalue weighted by atomic mass is 9.97. The average molecular weight is 272 g/mol. The number of hydrogen-bond donors (Lipinski definition) is 1. The highest BCUT2D eigenvalue weighted by Crippen LogP contribution is 2.20. The zero-order valence-electron chi connectivity index (χ0n) is 12.2. The van der Waals surface area contributed by atoms with Crippen LogP contribution >= 0.6 is 0 Å². The Hall–Kier alpha value is -1.30. The van der Waals surface area contributed by atoms with E-state index in [1.165, 1.54) is 0 Å². The fraction of sp³-hybridized carbons (Fsp3) is 0.846. The van der Waals surface area contributed by atoms with E-state index in [-0.39, 0.29) is 18.4 Å². The first-order valence-electron chi connectivity index (χ1n) is 6.72. The van der Waals surface area contributed by atoms with Gasteiger partial charge in [-0.15, -0.1) is 0 Å². The number of hydroxylamine groups is 2. The summed E-state index contributed by atoms with van der Waals surface area (Å²) >= 11 is 0. The van der Waals surface area contributed by atoms with Crippen LogP contribution in [-0.4, -0.2) is 52.4 Å². The van der Waals surface area contributed by atoms with E-state index in [9.17, 15) is 14.8 Å². The van der Waals surface area contributed by atoms with E-state index < -0.39 is 11.7 Å². The van der Waals surface area contributed by atoms with Gasteiger partial charge in [0.15, 0.2) is 0 Å². The van der Waals surface area contributed by atoms with E-state index in [1.807, 2.05) is 20.8 Å². The summed E-state index contributed by atoms with van der Waals surface area (Å²) in [6.07, 6.45) is 1.04. The third kappa shape index (κ3) is 4.70. The maximum Gasteiger partial charge on any atom is 0.410 e. The van der Waals surface area contributed by atoms with Gasteiger partial charge in [-0.05, 0) is 40.5 Å². The van der Waals surface area contributed by atoms with Crippen molar-refractivity contribution in [2.75, 3.05) is 19.6 Å². The number of nitrogens with zero attached hydrogens (tertiary/aromatic N) is 2. The summed E-state index contributed by atoms with van der Waals surface area (Å²) in [4.78, 5) is 25.4. The van der Waals surface area contributed by atoms with Gasteiger partial charge >= 0.3 is 6.09 Å². The molecule has 0 aromatic heterocycles. The van der Waals surface area contributed by atoms with Gasteiger partial charge in [0.1, 0.15) is 5.60 Å². The molecule has 0 aromatic rings. The van der Waals surface area contributed by atoms with Gasteiger partial charge < -0.3 is 9.64 Å². The Morgan fingerprint density at radius 1 is 1.42 bits per heavy atom. The molecule has 1 saturated heterocycles. The summed E-state index contributed by atoms with van der Waals surface area (Å²) in [6, 6.07) is 0. The molecule has 1 aliphatic rings. The number of ether oxygens (including phenoxy) is 1. The van der Waals surface area contributed by atoms with Crippen LogP contribution in [-0.2, 0) is 9.53 Å². The number of carbonyl (C=O) groups is 2. The molecule has 0 saturated carbocycles. The molecule has 110 valence electrons. The summed E-state index contributed by atoms with van der Waals surface area (Å²) in [7, 11) is 0. The van der Waals surface area contributed by atoms with Crippen molar-refractivity contribution in [3.63, 3.8) is 0 Å². The van der Waals surface area contributed by atoms with E-state index in [0.29, 0.717) is 24.6 Å². The van der Waals surface area contributed by atoms with Gasteiger partial charge in [0.2, 0.25) is 0 Å². The maximum absolute atomic E-state index is 11.9. The lowest BCUT2D eigenvalue weighted by Gasteiger charge is -2.34. The van der Waals surface area contributed by atoms with Crippen molar-refractivity contribution < 1.29 is 19.5 Å². The molecule has 1 N–H and O–H groups in total. The fourth-order valence-electron chi connectivity index (χ4n) is 2.04. The number of carbonyl (C=O) groups excluding carboxylic acids is 2. The van der Waals surface area contributed by atoms with E-state index in [4.69, 9.17) is 4.74 Å². The van der Waals surface area contributed by atoms with Crippen LogP contribution in [0.15, 0.2) is 0 Å². The molecule has 6 heteroatoms. The Morgan fingerprint density at radius 2 is 2.05 bits per heavy atom. The van der Waals surface area contributed by atoms with Gasteiger partial charge in [-0.3, -0.25) is 10.0 Å². The molecule has 2 amide bonds. The number of rotatable bonds is 2. The monoisotopic (exact) mass is 272 g/mol. The highest BCUT2D eigenvalue weighted by molar-refractivity contribution is 5.79. The zero-order valence-corrected chi connectivity index (χ0v) is 12.2. The minimum atomic E-state index is -0.541. The third-order valence-corrected chi connectivity index (χ3v) is 2.98. The van der Waals surface area contributed by atoms with Gasteiger partial charge in [-0.1, -0.05) is 0 Å². The zero-order chi connectivity index (χ0) is 14.6. The molecule has 1 fully saturated rings. The van der Waals surface area contributed by atoms with Crippen molar-refractivity contribution in [2.45, 2.75) is 46.1 Å². The minimum absolute atomic E-state index is 0.252. The molecule has 6 nitrogen and oxygen atoms in total. The SMILES string of the molecule is CCN(O)C(=O)C1CCCN(C(=O)OC(C)(C)C)C1. The Balaban J connectivity index is 2.59. The lowest BCUT2D eigenvalue weighted by molar-refractivity contribution is -0.170. The normalized spacial score (nSPS) is 20.1. The number of piperidine rings is 1. The van der Waals surface area contributed by atoms with Crippen molar-refractivity contribution >= 4 is 12.0 Å². The Morgan fingerprint density at radius 3 is 2.58 bits per heavy atom. The van der Waals surface area contributed by atoms with E-state index in [0.717, 1.165) is 6.42 Å². The predicted octanol–water partition coefficient (Wildman–Crippen LogP) is 1.87. The number of amides is 2. The summed E-state index contributed by atoms with van der Waals surface area (Å²) in [6.45, 7) is 8.28.